The highest BCUT2D eigenvalue weighted by Gasteiger charge is 2.32. The van der Waals surface area contributed by atoms with E-state index in [9.17, 15) is 0 Å². The van der Waals surface area contributed by atoms with E-state index in [1.165, 1.54) is 44.9 Å². The summed E-state index contributed by atoms with van der Waals surface area (Å²) in [4.78, 5) is 0. The Labute approximate surface area is 107 Å². The molecule has 0 aromatic carbocycles. The normalized spacial score (nSPS) is 35.3. The average Bonchev–Trinajstić information content (AvgIpc) is 2.36. The monoisotopic (exact) mass is 239 g/mol. The van der Waals surface area contributed by atoms with E-state index in [0.29, 0.717) is 6.04 Å². The molecular formula is C15H29NO. The molecule has 4 atom stereocenters. The van der Waals surface area contributed by atoms with Crippen molar-refractivity contribution in [3.05, 3.63) is 0 Å². The number of hydrogen-bond acceptors (Lipinski definition) is 2. The highest BCUT2D eigenvalue weighted by Crippen LogP contribution is 2.40. The fourth-order valence-electron chi connectivity index (χ4n) is 3.81. The maximum absolute atomic E-state index is 5.15. The second-order valence-corrected chi connectivity index (χ2v) is 6.16. The lowest BCUT2D eigenvalue weighted by Crippen LogP contribution is -2.43. The van der Waals surface area contributed by atoms with Crippen LogP contribution in [0.5, 0.6) is 0 Å². The van der Waals surface area contributed by atoms with Gasteiger partial charge in [0, 0.05) is 25.8 Å². The lowest BCUT2D eigenvalue weighted by molar-refractivity contribution is 0.132. The minimum Gasteiger partial charge on any atom is -0.385 e. The van der Waals surface area contributed by atoms with Gasteiger partial charge in [0.2, 0.25) is 0 Å². The summed E-state index contributed by atoms with van der Waals surface area (Å²) in [7, 11) is 1.79. The van der Waals surface area contributed by atoms with Crippen molar-refractivity contribution in [3.63, 3.8) is 0 Å². The third-order valence-electron chi connectivity index (χ3n) is 4.81. The first kappa shape index (κ1) is 13.4. The molecule has 0 heterocycles. The van der Waals surface area contributed by atoms with Crippen molar-refractivity contribution in [2.75, 3.05) is 13.7 Å². The van der Waals surface area contributed by atoms with Crippen molar-refractivity contribution < 1.29 is 4.74 Å². The largest absolute Gasteiger partial charge is 0.385 e. The maximum Gasteiger partial charge on any atom is 0.0476 e. The molecule has 2 rings (SSSR count). The third kappa shape index (κ3) is 3.96. The van der Waals surface area contributed by atoms with Crippen LogP contribution in [0, 0.1) is 11.8 Å². The van der Waals surface area contributed by atoms with Gasteiger partial charge in [-0.25, -0.2) is 0 Å². The summed E-state index contributed by atoms with van der Waals surface area (Å²) in [5.41, 5.74) is 0. The van der Waals surface area contributed by atoms with Gasteiger partial charge in [-0.2, -0.15) is 0 Å². The molecule has 2 aliphatic carbocycles. The first-order valence-corrected chi connectivity index (χ1v) is 7.54. The van der Waals surface area contributed by atoms with Crippen molar-refractivity contribution in [1.29, 1.82) is 0 Å². The quantitative estimate of drug-likeness (QED) is 0.794. The number of hydrogen-bond donors (Lipinski definition) is 1. The Hall–Kier alpha value is -0.0800. The van der Waals surface area contributed by atoms with Gasteiger partial charge < -0.3 is 10.1 Å². The number of nitrogens with one attached hydrogen (secondary N) is 1. The lowest BCUT2D eigenvalue weighted by Gasteiger charge is -2.40. The fraction of sp³-hybridized carbons (Fsp3) is 1.00. The Kier molecular flexibility index (Phi) is 5.30. The van der Waals surface area contributed by atoms with Gasteiger partial charge in [0.25, 0.3) is 0 Å². The van der Waals surface area contributed by atoms with Crippen molar-refractivity contribution >= 4 is 0 Å². The molecule has 17 heavy (non-hydrogen) atoms. The zero-order valence-electron chi connectivity index (χ0n) is 11.6. The molecule has 2 heteroatoms. The molecule has 0 saturated heterocycles. The molecule has 2 aliphatic rings. The molecule has 0 bridgehead atoms. The SMILES string of the molecule is COCCC(C)NC1CCC2CCCCC2C1. The summed E-state index contributed by atoms with van der Waals surface area (Å²) >= 11 is 0. The molecule has 0 aliphatic heterocycles. The van der Waals surface area contributed by atoms with E-state index >= 15 is 0 Å². The highest BCUT2D eigenvalue weighted by molar-refractivity contribution is 4.87. The molecule has 0 spiro atoms. The average molecular weight is 239 g/mol. The zero-order chi connectivity index (χ0) is 12.1. The molecule has 0 amide bonds. The van der Waals surface area contributed by atoms with E-state index < -0.39 is 0 Å². The van der Waals surface area contributed by atoms with Crippen LogP contribution in [0.3, 0.4) is 0 Å². The lowest BCUT2D eigenvalue weighted by atomic mass is 9.69. The van der Waals surface area contributed by atoms with Crippen molar-refractivity contribution in [2.45, 2.75) is 70.4 Å². The summed E-state index contributed by atoms with van der Waals surface area (Å²) in [6.45, 7) is 3.18. The topological polar surface area (TPSA) is 21.3 Å². The second-order valence-electron chi connectivity index (χ2n) is 6.16. The van der Waals surface area contributed by atoms with Gasteiger partial charge >= 0.3 is 0 Å². The van der Waals surface area contributed by atoms with Gasteiger partial charge in [0.1, 0.15) is 0 Å². The molecule has 1 N–H and O–H groups in total. The van der Waals surface area contributed by atoms with Crippen molar-refractivity contribution in [2.24, 2.45) is 11.8 Å². The van der Waals surface area contributed by atoms with Gasteiger partial charge in [-0.05, 0) is 44.4 Å². The molecule has 0 aromatic rings. The van der Waals surface area contributed by atoms with Gasteiger partial charge in [0.05, 0.1) is 0 Å². The summed E-state index contributed by atoms with van der Waals surface area (Å²) in [5.74, 6) is 2.10. The van der Waals surface area contributed by atoms with E-state index in [4.69, 9.17) is 4.74 Å². The Bertz CT molecular complexity index is 219. The first-order valence-electron chi connectivity index (χ1n) is 7.54. The molecule has 100 valence electrons. The van der Waals surface area contributed by atoms with Crippen LogP contribution >= 0.6 is 0 Å². The van der Waals surface area contributed by atoms with Crippen molar-refractivity contribution in [3.8, 4) is 0 Å². The van der Waals surface area contributed by atoms with Crippen LogP contribution in [0.15, 0.2) is 0 Å². The molecule has 2 saturated carbocycles. The summed E-state index contributed by atoms with van der Waals surface area (Å²) in [6.07, 6.45) is 11.4. The van der Waals surface area contributed by atoms with E-state index in [1.54, 1.807) is 7.11 Å². The Balaban J connectivity index is 1.71. The molecule has 2 nitrogen and oxygen atoms in total. The first-order chi connectivity index (χ1) is 8.29. The van der Waals surface area contributed by atoms with Crippen molar-refractivity contribution in [1.82, 2.24) is 5.32 Å². The minimum atomic E-state index is 0.611. The van der Waals surface area contributed by atoms with Crippen LogP contribution in [0.1, 0.15) is 58.3 Å². The van der Waals surface area contributed by atoms with Gasteiger partial charge in [-0.1, -0.05) is 25.7 Å². The Morgan fingerprint density at radius 3 is 2.65 bits per heavy atom. The van der Waals surface area contributed by atoms with Crippen LogP contribution in [0.2, 0.25) is 0 Å². The predicted octanol–water partition coefficient (Wildman–Crippen LogP) is 3.36. The van der Waals surface area contributed by atoms with E-state index in [2.05, 4.69) is 12.2 Å². The molecule has 0 radical (unpaired) electrons. The third-order valence-corrected chi connectivity index (χ3v) is 4.81. The Morgan fingerprint density at radius 1 is 1.12 bits per heavy atom. The molecule has 4 unspecified atom stereocenters. The molecular weight excluding hydrogens is 210 g/mol. The van der Waals surface area contributed by atoms with Crippen LogP contribution in [-0.2, 0) is 4.74 Å². The van der Waals surface area contributed by atoms with E-state index in [1.807, 2.05) is 0 Å². The summed E-state index contributed by atoms with van der Waals surface area (Å²) < 4.78 is 5.15. The van der Waals surface area contributed by atoms with Gasteiger partial charge in [0.15, 0.2) is 0 Å². The summed E-state index contributed by atoms with van der Waals surface area (Å²) in [5, 5.41) is 3.81. The van der Waals surface area contributed by atoms with E-state index in [-0.39, 0.29) is 0 Å². The number of rotatable bonds is 5. The molecule has 0 aromatic heterocycles. The zero-order valence-corrected chi connectivity index (χ0v) is 11.6. The number of ether oxygens (including phenoxy) is 1. The minimum absolute atomic E-state index is 0.611. The van der Waals surface area contributed by atoms with Crippen LogP contribution in [0.25, 0.3) is 0 Å². The maximum atomic E-state index is 5.15. The predicted molar refractivity (Wildman–Crippen MR) is 72.2 cm³/mol. The van der Waals surface area contributed by atoms with Gasteiger partial charge in [-0.3, -0.25) is 0 Å². The van der Waals surface area contributed by atoms with Crippen LogP contribution in [0.4, 0.5) is 0 Å². The number of methoxy groups -OCH3 is 1. The van der Waals surface area contributed by atoms with E-state index in [0.717, 1.165) is 30.9 Å². The smallest absolute Gasteiger partial charge is 0.0476 e. The van der Waals surface area contributed by atoms with Crippen LogP contribution < -0.4 is 5.32 Å². The summed E-state index contributed by atoms with van der Waals surface area (Å²) in [6, 6.07) is 1.39. The fourth-order valence-corrected chi connectivity index (χ4v) is 3.81. The standard InChI is InChI=1S/C15H29NO/c1-12(9-10-17-2)16-15-8-7-13-5-3-4-6-14(13)11-15/h12-16H,3-11H2,1-2H3. The molecule has 2 fully saturated rings. The highest BCUT2D eigenvalue weighted by atomic mass is 16.5. The second kappa shape index (κ2) is 6.75. The van der Waals surface area contributed by atoms with Gasteiger partial charge in [-0.15, -0.1) is 0 Å². The van der Waals surface area contributed by atoms with Crippen LogP contribution in [-0.4, -0.2) is 25.8 Å². The number of fused-ring (bicyclic) bond motifs is 1. The Morgan fingerprint density at radius 2 is 1.88 bits per heavy atom.